The predicted molar refractivity (Wildman–Crippen MR) is 275 cm³/mol. The standard InChI is InChI=1S/C60H69N3O3/c1-7-10-13-16-19-43-34-49(46-22-28-61-29-23-46)58(64)52(37-43)55-40(4)56(53-38-44(20-17-14-11-8-2)35-50(59(53)65)47-24-30-62-31-25-47)42(6)57(41(55)5)54-39-45(21-18-15-12-9-3)36-51(60(54)66)48-26-32-63-33-27-48/h22-39,64-66H,7-21H2,1-6H3. The minimum Gasteiger partial charge on any atom is -0.507 e. The van der Waals surface area contributed by atoms with Crippen LogP contribution in [0, 0.1) is 20.8 Å². The zero-order valence-electron chi connectivity index (χ0n) is 40.2. The molecule has 0 amide bonds. The SMILES string of the molecule is CCCCCCc1cc(-c2ccncc2)c(O)c(-c2c(C)c(-c3cc(CCCCCC)cc(-c4ccncc4)c3O)c(C)c(-c3cc(CCCCCC)cc(-c4ccncc4)c3O)c2C)c1. The number of phenols is 3. The number of aromatic hydroxyl groups is 3. The highest BCUT2D eigenvalue weighted by atomic mass is 16.3. The van der Waals surface area contributed by atoms with Gasteiger partial charge in [-0.3, -0.25) is 15.0 Å². The van der Waals surface area contributed by atoms with Crippen LogP contribution in [-0.2, 0) is 19.3 Å². The number of hydrogen-bond donors (Lipinski definition) is 3. The van der Waals surface area contributed by atoms with Gasteiger partial charge in [0.25, 0.3) is 0 Å². The number of rotatable bonds is 21. The summed E-state index contributed by atoms with van der Waals surface area (Å²) in [7, 11) is 0. The van der Waals surface area contributed by atoms with Crippen LogP contribution in [0.5, 0.6) is 17.2 Å². The van der Waals surface area contributed by atoms with Crippen molar-refractivity contribution >= 4 is 0 Å². The maximum atomic E-state index is 12.7. The van der Waals surface area contributed by atoms with Gasteiger partial charge in [-0.25, -0.2) is 0 Å². The first-order valence-electron chi connectivity index (χ1n) is 24.6. The Labute approximate surface area is 393 Å². The van der Waals surface area contributed by atoms with Crippen LogP contribution in [-0.4, -0.2) is 30.3 Å². The Bertz CT molecular complexity index is 2390. The van der Waals surface area contributed by atoms with Gasteiger partial charge in [0.05, 0.1) is 0 Å². The molecule has 66 heavy (non-hydrogen) atoms. The lowest BCUT2D eigenvalue weighted by Gasteiger charge is -2.27. The smallest absolute Gasteiger partial charge is 0.131 e. The quantitative estimate of drug-likeness (QED) is 0.0622. The van der Waals surface area contributed by atoms with Crippen molar-refractivity contribution in [3.63, 3.8) is 0 Å². The molecule has 0 aliphatic heterocycles. The minimum absolute atomic E-state index is 0.197. The fourth-order valence-electron chi connectivity index (χ4n) is 10.0. The first kappa shape index (κ1) is 47.7. The van der Waals surface area contributed by atoms with E-state index in [1.54, 1.807) is 37.2 Å². The Morgan fingerprint density at radius 1 is 0.333 bits per heavy atom. The lowest BCUT2D eigenvalue weighted by Crippen LogP contribution is -2.04. The van der Waals surface area contributed by atoms with Gasteiger partial charge in [0, 0.05) is 70.6 Å². The second-order valence-corrected chi connectivity index (χ2v) is 18.3. The van der Waals surface area contributed by atoms with Crippen molar-refractivity contribution in [2.45, 2.75) is 138 Å². The Hall–Kier alpha value is -6.27. The van der Waals surface area contributed by atoms with Crippen molar-refractivity contribution in [1.29, 1.82) is 0 Å². The average Bonchev–Trinajstić information content (AvgIpc) is 3.33. The summed E-state index contributed by atoms with van der Waals surface area (Å²) in [6.07, 6.45) is 26.8. The molecule has 3 heterocycles. The minimum atomic E-state index is 0.197. The molecule has 0 saturated carbocycles. The van der Waals surface area contributed by atoms with E-state index in [1.807, 2.05) is 36.4 Å². The number of aromatic nitrogens is 3. The Kier molecular flexibility index (Phi) is 16.4. The molecule has 3 N–H and O–H groups in total. The van der Waals surface area contributed by atoms with E-state index >= 15 is 0 Å². The molecule has 0 unspecified atom stereocenters. The van der Waals surface area contributed by atoms with E-state index in [0.717, 1.165) is 177 Å². The number of benzene rings is 4. The molecule has 4 aromatic carbocycles. The van der Waals surface area contributed by atoms with Crippen molar-refractivity contribution in [3.05, 3.63) is 143 Å². The largest absolute Gasteiger partial charge is 0.507 e. The average molecular weight is 880 g/mol. The molecule has 0 saturated heterocycles. The van der Waals surface area contributed by atoms with E-state index in [1.165, 1.54) is 19.3 Å². The molecule has 0 atom stereocenters. The van der Waals surface area contributed by atoms with E-state index in [0.29, 0.717) is 0 Å². The van der Waals surface area contributed by atoms with Crippen LogP contribution in [0.2, 0.25) is 0 Å². The number of pyridine rings is 3. The second-order valence-electron chi connectivity index (χ2n) is 18.3. The summed E-state index contributed by atoms with van der Waals surface area (Å²) in [5, 5.41) is 38.1. The molecule has 342 valence electrons. The summed E-state index contributed by atoms with van der Waals surface area (Å²) >= 11 is 0. The van der Waals surface area contributed by atoms with E-state index in [4.69, 9.17) is 0 Å². The molecule has 0 bridgehead atoms. The lowest BCUT2D eigenvalue weighted by atomic mass is 9.78. The number of aryl methyl sites for hydroxylation is 3. The molecule has 0 aliphatic carbocycles. The lowest BCUT2D eigenvalue weighted by molar-refractivity contribution is 0.479. The van der Waals surface area contributed by atoms with E-state index in [9.17, 15) is 15.3 Å². The van der Waals surface area contributed by atoms with Crippen LogP contribution in [0.1, 0.15) is 131 Å². The fourth-order valence-corrected chi connectivity index (χ4v) is 10.0. The summed E-state index contributed by atoms with van der Waals surface area (Å²) in [6.45, 7) is 13.1. The molecular formula is C60H69N3O3. The Morgan fingerprint density at radius 2 is 0.576 bits per heavy atom. The van der Waals surface area contributed by atoms with Crippen molar-refractivity contribution in [3.8, 4) is 84.0 Å². The monoisotopic (exact) mass is 880 g/mol. The van der Waals surface area contributed by atoms with Gasteiger partial charge in [-0.05, 0) is 199 Å². The Balaban J connectivity index is 1.58. The fraction of sp³-hybridized carbons (Fsp3) is 0.350. The number of phenolic OH excluding ortho intramolecular Hbond substituents is 3. The van der Waals surface area contributed by atoms with Gasteiger partial charge < -0.3 is 15.3 Å². The maximum Gasteiger partial charge on any atom is 0.131 e. The normalized spacial score (nSPS) is 11.4. The molecule has 0 aliphatic rings. The van der Waals surface area contributed by atoms with E-state index in [-0.39, 0.29) is 17.2 Å². The zero-order chi connectivity index (χ0) is 46.6. The number of unbranched alkanes of at least 4 members (excludes halogenated alkanes) is 9. The van der Waals surface area contributed by atoms with Crippen LogP contribution >= 0.6 is 0 Å². The summed E-state index contributed by atoms with van der Waals surface area (Å²) in [5.41, 5.74) is 16.2. The van der Waals surface area contributed by atoms with Crippen molar-refractivity contribution in [2.24, 2.45) is 0 Å². The van der Waals surface area contributed by atoms with E-state index < -0.39 is 0 Å². The van der Waals surface area contributed by atoms with Gasteiger partial charge in [0.1, 0.15) is 17.2 Å². The molecule has 0 radical (unpaired) electrons. The number of nitrogens with zero attached hydrogens (tertiary/aromatic N) is 3. The second kappa shape index (κ2) is 22.8. The first-order valence-corrected chi connectivity index (χ1v) is 24.6. The summed E-state index contributed by atoms with van der Waals surface area (Å²) in [5.74, 6) is 0.592. The third-order valence-corrected chi connectivity index (χ3v) is 13.5. The third-order valence-electron chi connectivity index (χ3n) is 13.5. The van der Waals surface area contributed by atoms with Crippen LogP contribution < -0.4 is 0 Å². The van der Waals surface area contributed by atoms with Gasteiger partial charge in [0.2, 0.25) is 0 Å². The zero-order valence-corrected chi connectivity index (χ0v) is 40.2. The summed E-state index contributed by atoms with van der Waals surface area (Å²) in [4.78, 5) is 12.9. The topological polar surface area (TPSA) is 99.4 Å². The predicted octanol–water partition coefficient (Wildman–Crippen LogP) is 16.3. The van der Waals surface area contributed by atoms with Crippen molar-refractivity contribution < 1.29 is 15.3 Å². The maximum absolute atomic E-state index is 12.7. The van der Waals surface area contributed by atoms with Gasteiger partial charge in [0.15, 0.2) is 0 Å². The van der Waals surface area contributed by atoms with Gasteiger partial charge in [-0.2, -0.15) is 0 Å². The van der Waals surface area contributed by atoms with Crippen molar-refractivity contribution in [2.75, 3.05) is 0 Å². The molecule has 0 spiro atoms. The van der Waals surface area contributed by atoms with Gasteiger partial charge >= 0.3 is 0 Å². The molecule has 6 nitrogen and oxygen atoms in total. The molecule has 6 heteroatoms. The Morgan fingerprint density at radius 3 is 0.818 bits per heavy atom. The van der Waals surface area contributed by atoms with Gasteiger partial charge in [-0.15, -0.1) is 0 Å². The molecule has 3 aromatic heterocycles. The number of hydrogen-bond acceptors (Lipinski definition) is 6. The summed E-state index contributed by atoms with van der Waals surface area (Å²) < 4.78 is 0. The van der Waals surface area contributed by atoms with Gasteiger partial charge in [-0.1, -0.05) is 78.6 Å². The molecule has 0 fully saturated rings. The highest BCUT2D eigenvalue weighted by Crippen LogP contribution is 2.53. The summed E-state index contributed by atoms with van der Waals surface area (Å²) in [6, 6.07) is 24.7. The highest BCUT2D eigenvalue weighted by molar-refractivity contribution is 5.99. The van der Waals surface area contributed by atoms with Crippen LogP contribution in [0.25, 0.3) is 66.8 Å². The van der Waals surface area contributed by atoms with E-state index in [2.05, 4.69) is 92.9 Å². The molecule has 7 aromatic rings. The van der Waals surface area contributed by atoms with Crippen LogP contribution in [0.15, 0.2) is 110 Å². The first-order chi connectivity index (χ1) is 32.2. The van der Waals surface area contributed by atoms with Crippen LogP contribution in [0.4, 0.5) is 0 Å². The van der Waals surface area contributed by atoms with Crippen LogP contribution in [0.3, 0.4) is 0 Å². The van der Waals surface area contributed by atoms with Crippen molar-refractivity contribution in [1.82, 2.24) is 15.0 Å². The molecular weight excluding hydrogens is 811 g/mol. The molecule has 7 rings (SSSR count). The third kappa shape index (κ3) is 10.7. The highest BCUT2D eigenvalue weighted by Gasteiger charge is 2.28.